The van der Waals surface area contributed by atoms with Crippen molar-refractivity contribution in [2.24, 2.45) is 10.9 Å². The van der Waals surface area contributed by atoms with Crippen LogP contribution in [0, 0.1) is 5.92 Å². The van der Waals surface area contributed by atoms with E-state index in [4.69, 9.17) is 28.7 Å². The van der Waals surface area contributed by atoms with Crippen molar-refractivity contribution < 1.29 is 23.7 Å². The molecule has 2 aliphatic heterocycles. The molecule has 1 fully saturated rings. The highest BCUT2D eigenvalue weighted by Crippen LogP contribution is 2.35. The molecule has 2 heterocycles. The maximum atomic E-state index is 5.80. The Morgan fingerprint density at radius 2 is 2.14 bits per heavy atom. The van der Waals surface area contributed by atoms with Crippen LogP contribution in [0.5, 0.6) is 17.2 Å². The lowest BCUT2D eigenvalue weighted by Gasteiger charge is -2.21. The van der Waals surface area contributed by atoms with Crippen molar-refractivity contribution in [3.05, 3.63) is 18.2 Å². The summed E-state index contributed by atoms with van der Waals surface area (Å²) >= 11 is 0. The van der Waals surface area contributed by atoms with Crippen LogP contribution < -0.4 is 19.5 Å². The number of methoxy groups -OCH3 is 1. The first-order chi connectivity index (χ1) is 13.8. The van der Waals surface area contributed by atoms with Crippen LogP contribution in [-0.2, 0) is 9.47 Å². The van der Waals surface area contributed by atoms with Gasteiger partial charge in [-0.1, -0.05) is 0 Å². The molecule has 0 spiro atoms. The van der Waals surface area contributed by atoms with Crippen molar-refractivity contribution in [1.82, 2.24) is 10.2 Å². The summed E-state index contributed by atoms with van der Waals surface area (Å²) < 4.78 is 27.2. The SMILES string of the molecule is CCNC(=NCCOc1ccc2c(c1)OCO2)N1CCC(COCCOC)C1. The highest BCUT2D eigenvalue weighted by Gasteiger charge is 2.24. The maximum Gasteiger partial charge on any atom is 0.231 e. The van der Waals surface area contributed by atoms with Gasteiger partial charge in [-0.15, -0.1) is 0 Å². The predicted molar refractivity (Wildman–Crippen MR) is 106 cm³/mol. The van der Waals surface area contributed by atoms with E-state index in [0.29, 0.717) is 32.3 Å². The molecule has 0 bridgehead atoms. The summed E-state index contributed by atoms with van der Waals surface area (Å²) in [6, 6.07) is 5.60. The van der Waals surface area contributed by atoms with E-state index in [-0.39, 0.29) is 6.79 Å². The van der Waals surface area contributed by atoms with Gasteiger partial charge in [-0.25, -0.2) is 4.99 Å². The minimum Gasteiger partial charge on any atom is -0.492 e. The Bertz CT molecular complexity index is 640. The number of fused-ring (bicyclic) bond motifs is 1. The van der Waals surface area contributed by atoms with E-state index in [1.165, 1.54) is 0 Å². The van der Waals surface area contributed by atoms with Gasteiger partial charge in [0.05, 0.1) is 26.4 Å². The van der Waals surface area contributed by atoms with E-state index in [9.17, 15) is 0 Å². The second kappa shape index (κ2) is 11.0. The fourth-order valence-electron chi connectivity index (χ4n) is 3.26. The Balaban J connectivity index is 1.42. The summed E-state index contributed by atoms with van der Waals surface area (Å²) in [6.07, 6.45) is 1.12. The average Bonchev–Trinajstić information content (AvgIpc) is 3.36. The van der Waals surface area contributed by atoms with E-state index in [1.807, 2.05) is 18.2 Å². The third-order valence-corrected chi connectivity index (χ3v) is 4.67. The number of guanidine groups is 1. The Morgan fingerprint density at radius 3 is 3.00 bits per heavy atom. The number of hydrogen-bond acceptors (Lipinski definition) is 6. The molecule has 156 valence electrons. The van der Waals surface area contributed by atoms with Gasteiger partial charge < -0.3 is 33.9 Å². The molecule has 1 saturated heterocycles. The number of hydrogen-bond donors (Lipinski definition) is 1. The second-order valence-electron chi connectivity index (χ2n) is 6.77. The molecule has 0 radical (unpaired) electrons. The molecule has 0 aromatic heterocycles. The molecule has 0 amide bonds. The molecule has 8 nitrogen and oxygen atoms in total. The zero-order valence-electron chi connectivity index (χ0n) is 16.8. The zero-order chi connectivity index (χ0) is 19.6. The lowest BCUT2D eigenvalue weighted by atomic mass is 10.1. The topological polar surface area (TPSA) is 73.8 Å². The summed E-state index contributed by atoms with van der Waals surface area (Å²) in [5.74, 6) is 3.72. The number of nitrogens with one attached hydrogen (secondary N) is 1. The highest BCUT2D eigenvalue weighted by atomic mass is 16.7. The Kier molecular flexibility index (Phi) is 8.05. The number of benzene rings is 1. The minimum absolute atomic E-state index is 0.267. The van der Waals surface area contributed by atoms with E-state index in [1.54, 1.807) is 7.11 Å². The first-order valence-electron chi connectivity index (χ1n) is 9.92. The maximum absolute atomic E-state index is 5.80. The number of rotatable bonds is 10. The summed E-state index contributed by atoms with van der Waals surface area (Å²) in [5.41, 5.74) is 0. The van der Waals surface area contributed by atoms with E-state index >= 15 is 0 Å². The zero-order valence-corrected chi connectivity index (χ0v) is 16.8. The Hall–Kier alpha value is -2.19. The van der Waals surface area contributed by atoms with Gasteiger partial charge in [-0.2, -0.15) is 0 Å². The quantitative estimate of drug-likeness (QED) is 0.369. The third kappa shape index (κ3) is 5.90. The van der Waals surface area contributed by atoms with Gasteiger partial charge in [0, 0.05) is 38.7 Å². The van der Waals surface area contributed by atoms with Crippen LogP contribution in [0.3, 0.4) is 0 Å². The Labute approximate surface area is 166 Å². The van der Waals surface area contributed by atoms with Crippen LogP contribution in [0.1, 0.15) is 13.3 Å². The minimum atomic E-state index is 0.267. The molecule has 1 aromatic carbocycles. The standard InChI is InChI=1S/C20H31N3O5/c1-3-21-20(23-8-6-16(13-23)14-25-11-10-24-2)22-7-9-26-17-4-5-18-19(12-17)28-15-27-18/h4-5,12,16H,3,6-11,13-15H2,1-2H3,(H,21,22). The number of likely N-dealkylation sites (tertiary alicyclic amines) is 1. The predicted octanol–water partition coefficient (Wildman–Crippen LogP) is 1.74. The molecular weight excluding hydrogens is 362 g/mol. The fourth-order valence-corrected chi connectivity index (χ4v) is 3.26. The third-order valence-electron chi connectivity index (χ3n) is 4.67. The van der Waals surface area contributed by atoms with Crippen molar-refractivity contribution >= 4 is 5.96 Å². The smallest absolute Gasteiger partial charge is 0.231 e. The number of aliphatic imine (C=N–C) groups is 1. The van der Waals surface area contributed by atoms with Gasteiger partial charge in [0.2, 0.25) is 6.79 Å². The van der Waals surface area contributed by atoms with Gasteiger partial charge in [0.15, 0.2) is 17.5 Å². The van der Waals surface area contributed by atoms with Crippen LogP contribution in [-0.4, -0.2) is 77.4 Å². The average molecular weight is 393 g/mol. The largest absolute Gasteiger partial charge is 0.492 e. The summed E-state index contributed by atoms with van der Waals surface area (Å²) in [7, 11) is 1.69. The van der Waals surface area contributed by atoms with Gasteiger partial charge >= 0.3 is 0 Å². The van der Waals surface area contributed by atoms with Gasteiger partial charge in [-0.3, -0.25) is 0 Å². The molecule has 28 heavy (non-hydrogen) atoms. The first kappa shape index (κ1) is 20.5. The van der Waals surface area contributed by atoms with Crippen LogP contribution in [0.2, 0.25) is 0 Å². The van der Waals surface area contributed by atoms with Crippen molar-refractivity contribution in [2.75, 3.05) is 66.5 Å². The summed E-state index contributed by atoms with van der Waals surface area (Å²) in [5, 5.41) is 3.38. The lowest BCUT2D eigenvalue weighted by molar-refractivity contribution is 0.0536. The first-order valence-corrected chi connectivity index (χ1v) is 9.92. The summed E-state index contributed by atoms with van der Waals surface area (Å²) in [6.45, 7) is 8.30. The lowest BCUT2D eigenvalue weighted by Crippen LogP contribution is -2.40. The fraction of sp³-hybridized carbons (Fsp3) is 0.650. The van der Waals surface area contributed by atoms with Crippen LogP contribution in [0.25, 0.3) is 0 Å². The summed E-state index contributed by atoms with van der Waals surface area (Å²) in [4.78, 5) is 7.02. The van der Waals surface area contributed by atoms with Crippen LogP contribution in [0.4, 0.5) is 0 Å². The number of ether oxygens (including phenoxy) is 5. The second-order valence-corrected chi connectivity index (χ2v) is 6.77. The Morgan fingerprint density at radius 1 is 1.25 bits per heavy atom. The molecule has 0 aliphatic carbocycles. The highest BCUT2D eigenvalue weighted by molar-refractivity contribution is 5.80. The molecule has 3 rings (SSSR count). The van der Waals surface area contributed by atoms with Crippen molar-refractivity contribution in [2.45, 2.75) is 13.3 Å². The van der Waals surface area contributed by atoms with Crippen molar-refractivity contribution in [1.29, 1.82) is 0 Å². The van der Waals surface area contributed by atoms with Crippen molar-refractivity contribution in [3.8, 4) is 17.2 Å². The van der Waals surface area contributed by atoms with Gasteiger partial charge in [-0.05, 0) is 25.5 Å². The molecule has 1 unspecified atom stereocenters. The van der Waals surface area contributed by atoms with Gasteiger partial charge in [0.25, 0.3) is 0 Å². The van der Waals surface area contributed by atoms with E-state index in [2.05, 4.69) is 17.1 Å². The van der Waals surface area contributed by atoms with Crippen molar-refractivity contribution in [3.63, 3.8) is 0 Å². The number of nitrogens with zero attached hydrogens (tertiary/aromatic N) is 2. The molecule has 1 N–H and O–H groups in total. The monoisotopic (exact) mass is 393 g/mol. The normalized spacial score (nSPS) is 18.6. The molecular formula is C20H31N3O5. The molecule has 1 atom stereocenters. The van der Waals surface area contributed by atoms with Crippen LogP contribution >= 0.6 is 0 Å². The van der Waals surface area contributed by atoms with Gasteiger partial charge in [0.1, 0.15) is 12.4 Å². The molecule has 1 aromatic rings. The van der Waals surface area contributed by atoms with E-state index in [0.717, 1.165) is 55.9 Å². The molecule has 8 heteroatoms. The molecule has 0 saturated carbocycles. The molecule has 2 aliphatic rings. The van der Waals surface area contributed by atoms with E-state index < -0.39 is 0 Å². The van der Waals surface area contributed by atoms with Crippen LogP contribution in [0.15, 0.2) is 23.2 Å².